The molecule has 0 unspecified atom stereocenters. The standard InChI is InChI=1S/C27H28N4OS/c1-4-20(3)21-12-14-23(15-13-21)28-25(32)18-33-27-30-29-26(22-8-6-5-7-9-22)31(27)24-16-10-19(2)11-17-24/h5-17,20H,4,18H2,1-3H3,(H,28,32)/t20-/m1/s1. The van der Waals surface area contributed by atoms with Gasteiger partial charge in [0.2, 0.25) is 5.91 Å². The van der Waals surface area contributed by atoms with Gasteiger partial charge < -0.3 is 5.32 Å². The van der Waals surface area contributed by atoms with Gasteiger partial charge in [0.05, 0.1) is 5.75 Å². The number of carbonyl (C=O) groups excluding carboxylic acids is 1. The topological polar surface area (TPSA) is 59.8 Å². The number of hydrogen-bond acceptors (Lipinski definition) is 4. The molecule has 1 amide bonds. The second-order valence-corrected chi connectivity index (χ2v) is 9.05. The number of benzene rings is 3. The maximum absolute atomic E-state index is 12.6. The van der Waals surface area contributed by atoms with Crippen LogP contribution in [-0.2, 0) is 4.79 Å². The van der Waals surface area contributed by atoms with Crippen LogP contribution in [0, 0.1) is 6.92 Å². The van der Waals surface area contributed by atoms with Crippen molar-refractivity contribution in [2.24, 2.45) is 0 Å². The fourth-order valence-electron chi connectivity index (χ4n) is 3.52. The molecule has 33 heavy (non-hydrogen) atoms. The first-order valence-corrected chi connectivity index (χ1v) is 12.1. The molecule has 168 valence electrons. The fraction of sp³-hybridized carbons (Fsp3) is 0.222. The van der Waals surface area contributed by atoms with Crippen molar-refractivity contribution in [2.75, 3.05) is 11.1 Å². The van der Waals surface area contributed by atoms with E-state index < -0.39 is 0 Å². The highest BCUT2D eigenvalue weighted by Gasteiger charge is 2.17. The Labute approximate surface area is 199 Å². The highest BCUT2D eigenvalue weighted by Crippen LogP contribution is 2.28. The van der Waals surface area contributed by atoms with Gasteiger partial charge in [-0.2, -0.15) is 0 Å². The van der Waals surface area contributed by atoms with Crippen molar-refractivity contribution in [3.8, 4) is 17.1 Å². The van der Waals surface area contributed by atoms with Crippen molar-refractivity contribution < 1.29 is 4.79 Å². The van der Waals surface area contributed by atoms with Gasteiger partial charge in [-0.3, -0.25) is 9.36 Å². The van der Waals surface area contributed by atoms with Gasteiger partial charge in [-0.1, -0.05) is 85.8 Å². The van der Waals surface area contributed by atoms with Crippen LogP contribution >= 0.6 is 11.8 Å². The van der Waals surface area contributed by atoms with E-state index in [9.17, 15) is 4.79 Å². The zero-order valence-corrected chi connectivity index (χ0v) is 20.0. The lowest BCUT2D eigenvalue weighted by Crippen LogP contribution is -2.14. The van der Waals surface area contributed by atoms with Gasteiger partial charge >= 0.3 is 0 Å². The molecule has 1 atom stereocenters. The molecule has 0 fully saturated rings. The number of rotatable bonds is 8. The van der Waals surface area contributed by atoms with Gasteiger partial charge in [0.1, 0.15) is 0 Å². The molecule has 0 aliphatic rings. The lowest BCUT2D eigenvalue weighted by Gasteiger charge is -2.12. The number of carbonyl (C=O) groups is 1. The fourth-order valence-corrected chi connectivity index (χ4v) is 4.27. The number of thioether (sulfide) groups is 1. The summed E-state index contributed by atoms with van der Waals surface area (Å²) in [5, 5.41) is 12.5. The molecule has 0 aliphatic carbocycles. The minimum absolute atomic E-state index is 0.0731. The van der Waals surface area contributed by atoms with Crippen molar-refractivity contribution in [3.63, 3.8) is 0 Å². The lowest BCUT2D eigenvalue weighted by atomic mass is 9.99. The van der Waals surface area contributed by atoms with Crippen LogP contribution in [0.15, 0.2) is 84.0 Å². The number of nitrogens with one attached hydrogen (secondary N) is 1. The molecule has 0 saturated carbocycles. The van der Waals surface area contributed by atoms with Crippen LogP contribution in [0.2, 0.25) is 0 Å². The van der Waals surface area contributed by atoms with E-state index in [0.29, 0.717) is 11.1 Å². The minimum atomic E-state index is -0.0731. The first-order valence-electron chi connectivity index (χ1n) is 11.2. The second-order valence-electron chi connectivity index (χ2n) is 8.11. The number of nitrogens with zero attached hydrogens (tertiary/aromatic N) is 3. The Balaban J connectivity index is 1.51. The lowest BCUT2D eigenvalue weighted by molar-refractivity contribution is -0.113. The van der Waals surface area contributed by atoms with E-state index in [1.165, 1.54) is 22.9 Å². The Hall–Kier alpha value is -3.38. The summed E-state index contributed by atoms with van der Waals surface area (Å²) in [6.07, 6.45) is 1.09. The predicted molar refractivity (Wildman–Crippen MR) is 136 cm³/mol. The van der Waals surface area contributed by atoms with Gasteiger partial charge in [0.25, 0.3) is 0 Å². The van der Waals surface area contributed by atoms with Crippen molar-refractivity contribution >= 4 is 23.4 Å². The van der Waals surface area contributed by atoms with E-state index >= 15 is 0 Å². The molecule has 0 aliphatic heterocycles. The van der Waals surface area contributed by atoms with E-state index in [2.05, 4.69) is 60.6 Å². The summed E-state index contributed by atoms with van der Waals surface area (Å²) >= 11 is 1.38. The molecular formula is C27H28N4OS. The predicted octanol–water partition coefficient (Wildman–Crippen LogP) is 6.49. The Kier molecular flexibility index (Phi) is 7.25. The first-order chi connectivity index (χ1) is 16.0. The molecule has 0 radical (unpaired) electrons. The monoisotopic (exact) mass is 456 g/mol. The highest BCUT2D eigenvalue weighted by atomic mass is 32.2. The molecule has 4 aromatic rings. The molecule has 0 bridgehead atoms. The van der Waals surface area contributed by atoms with Crippen LogP contribution in [0.1, 0.15) is 37.3 Å². The zero-order chi connectivity index (χ0) is 23.2. The molecule has 3 aromatic carbocycles. The van der Waals surface area contributed by atoms with Crippen molar-refractivity contribution in [3.05, 3.63) is 90.0 Å². The summed E-state index contributed by atoms with van der Waals surface area (Å²) in [6, 6.07) is 26.3. The Bertz CT molecular complexity index is 1200. The SMILES string of the molecule is CC[C@@H](C)c1ccc(NC(=O)CSc2nnc(-c3ccccc3)n2-c2ccc(C)cc2)cc1. The number of amides is 1. The maximum Gasteiger partial charge on any atom is 0.234 e. The highest BCUT2D eigenvalue weighted by molar-refractivity contribution is 7.99. The molecule has 0 spiro atoms. The summed E-state index contributed by atoms with van der Waals surface area (Å²) in [5.41, 5.74) is 5.21. The third kappa shape index (κ3) is 5.52. The molecule has 5 nitrogen and oxygen atoms in total. The van der Waals surface area contributed by atoms with Crippen molar-refractivity contribution in [2.45, 2.75) is 38.3 Å². The van der Waals surface area contributed by atoms with Crippen LogP contribution < -0.4 is 5.32 Å². The van der Waals surface area contributed by atoms with Gasteiger partial charge in [0, 0.05) is 16.9 Å². The molecule has 6 heteroatoms. The number of aromatic nitrogens is 3. The quantitative estimate of drug-likeness (QED) is 0.308. The molecule has 1 heterocycles. The minimum Gasteiger partial charge on any atom is -0.325 e. The molecule has 1 aromatic heterocycles. The molecule has 1 N–H and O–H groups in total. The molecule has 0 saturated heterocycles. The summed E-state index contributed by atoms with van der Waals surface area (Å²) in [4.78, 5) is 12.6. The smallest absolute Gasteiger partial charge is 0.234 e. The van der Waals surface area contributed by atoms with Crippen molar-refractivity contribution in [1.82, 2.24) is 14.8 Å². The van der Waals surface area contributed by atoms with E-state index in [-0.39, 0.29) is 11.7 Å². The maximum atomic E-state index is 12.6. The number of anilines is 1. The van der Waals surface area contributed by atoms with Crippen LogP contribution in [0.25, 0.3) is 17.1 Å². The van der Waals surface area contributed by atoms with Gasteiger partial charge in [0.15, 0.2) is 11.0 Å². The third-order valence-electron chi connectivity index (χ3n) is 5.67. The first kappa shape index (κ1) is 22.8. The van der Waals surface area contributed by atoms with Gasteiger partial charge in [-0.25, -0.2) is 0 Å². The average molecular weight is 457 g/mol. The van der Waals surface area contributed by atoms with Crippen LogP contribution in [-0.4, -0.2) is 26.4 Å². The largest absolute Gasteiger partial charge is 0.325 e. The second kappa shape index (κ2) is 10.5. The van der Waals surface area contributed by atoms with Gasteiger partial charge in [-0.15, -0.1) is 10.2 Å². The van der Waals surface area contributed by atoms with Crippen LogP contribution in [0.4, 0.5) is 5.69 Å². The Morgan fingerprint density at radius 2 is 1.67 bits per heavy atom. The summed E-state index contributed by atoms with van der Waals surface area (Å²) in [6.45, 7) is 6.44. The summed E-state index contributed by atoms with van der Waals surface area (Å²) < 4.78 is 2.01. The third-order valence-corrected chi connectivity index (χ3v) is 6.59. The van der Waals surface area contributed by atoms with E-state index in [1.807, 2.05) is 59.2 Å². The Morgan fingerprint density at radius 3 is 2.33 bits per heavy atom. The van der Waals surface area contributed by atoms with E-state index in [1.54, 1.807) is 0 Å². The van der Waals surface area contributed by atoms with Crippen molar-refractivity contribution in [1.29, 1.82) is 0 Å². The number of aryl methyl sites for hydroxylation is 1. The molecular weight excluding hydrogens is 428 g/mol. The van der Waals surface area contributed by atoms with Crippen LogP contribution in [0.3, 0.4) is 0 Å². The van der Waals surface area contributed by atoms with E-state index in [4.69, 9.17) is 0 Å². The zero-order valence-electron chi connectivity index (χ0n) is 19.2. The van der Waals surface area contributed by atoms with Crippen LogP contribution in [0.5, 0.6) is 0 Å². The normalized spacial score (nSPS) is 11.8. The summed E-state index contributed by atoms with van der Waals surface area (Å²) in [7, 11) is 0. The average Bonchev–Trinajstić information content (AvgIpc) is 3.28. The summed E-state index contributed by atoms with van der Waals surface area (Å²) in [5.74, 6) is 1.43. The Morgan fingerprint density at radius 1 is 0.970 bits per heavy atom. The number of hydrogen-bond donors (Lipinski definition) is 1. The van der Waals surface area contributed by atoms with E-state index in [0.717, 1.165) is 29.2 Å². The molecule has 4 rings (SSSR count). The van der Waals surface area contributed by atoms with Gasteiger partial charge in [-0.05, 0) is 49.1 Å².